The minimum atomic E-state index is -0.183. The molecule has 0 aromatic heterocycles. The van der Waals surface area contributed by atoms with E-state index in [1.807, 2.05) is 24.1 Å². The van der Waals surface area contributed by atoms with Gasteiger partial charge in [-0.3, -0.25) is 9.69 Å². The van der Waals surface area contributed by atoms with Crippen LogP contribution in [-0.2, 0) is 10.2 Å². The van der Waals surface area contributed by atoms with Gasteiger partial charge in [-0.25, -0.2) is 4.39 Å². The summed E-state index contributed by atoms with van der Waals surface area (Å²) in [7, 11) is 1.92. The number of carbonyl (C=O) groups is 1. The Morgan fingerprint density at radius 3 is 2.60 bits per heavy atom. The molecule has 1 aromatic carbocycles. The smallest absolute Gasteiger partial charge is 0.234 e. The molecular weight excluding hydrogens is 255 g/mol. The molecule has 20 heavy (non-hydrogen) atoms. The fourth-order valence-electron chi connectivity index (χ4n) is 2.32. The molecule has 0 saturated heterocycles. The van der Waals surface area contributed by atoms with E-state index >= 15 is 0 Å². The molecule has 0 unspecified atom stereocenters. The third-order valence-electron chi connectivity index (χ3n) is 4.20. The van der Waals surface area contributed by atoms with E-state index in [-0.39, 0.29) is 17.1 Å². The van der Waals surface area contributed by atoms with E-state index in [9.17, 15) is 9.18 Å². The SMILES string of the molecule is CC(C)N(C)CC(=O)NCC1(c2ccccc2F)CC1. The topological polar surface area (TPSA) is 32.3 Å². The number of halogens is 1. The third kappa shape index (κ3) is 3.37. The zero-order chi connectivity index (χ0) is 14.8. The second-order valence-electron chi connectivity index (χ2n) is 6.05. The monoisotopic (exact) mass is 278 g/mol. The van der Waals surface area contributed by atoms with Crippen LogP contribution in [-0.4, -0.2) is 37.0 Å². The lowest BCUT2D eigenvalue weighted by Crippen LogP contribution is -2.41. The molecule has 0 aliphatic heterocycles. The molecule has 0 bridgehead atoms. The van der Waals surface area contributed by atoms with Crippen LogP contribution < -0.4 is 5.32 Å². The van der Waals surface area contributed by atoms with Crippen molar-refractivity contribution in [3.05, 3.63) is 35.6 Å². The number of amides is 1. The molecule has 1 amide bonds. The van der Waals surface area contributed by atoms with E-state index in [0.29, 0.717) is 19.1 Å². The number of hydrogen-bond donors (Lipinski definition) is 1. The van der Waals surface area contributed by atoms with E-state index in [4.69, 9.17) is 0 Å². The summed E-state index contributed by atoms with van der Waals surface area (Å²) in [6.07, 6.45) is 1.88. The Balaban J connectivity index is 1.91. The lowest BCUT2D eigenvalue weighted by Gasteiger charge is -2.22. The number of nitrogens with one attached hydrogen (secondary N) is 1. The average Bonchev–Trinajstić information content (AvgIpc) is 3.18. The molecule has 4 heteroatoms. The normalized spacial score (nSPS) is 16.5. The Kier molecular flexibility index (Phi) is 4.43. The molecule has 0 heterocycles. The van der Waals surface area contributed by atoms with E-state index in [2.05, 4.69) is 19.2 Å². The van der Waals surface area contributed by atoms with Crippen LogP contribution in [0.3, 0.4) is 0 Å². The highest BCUT2D eigenvalue weighted by Crippen LogP contribution is 2.48. The Hall–Kier alpha value is -1.42. The number of rotatable bonds is 6. The van der Waals surface area contributed by atoms with Crippen LogP contribution >= 0.6 is 0 Å². The van der Waals surface area contributed by atoms with Crippen molar-refractivity contribution in [2.45, 2.75) is 38.1 Å². The van der Waals surface area contributed by atoms with Crippen LogP contribution in [0.4, 0.5) is 4.39 Å². The molecule has 0 spiro atoms. The second kappa shape index (κ2) is 5.92. The number of nitrogens with zero attached hydrogens (tertiary/aromatic N) is 1. The van der Waals surface area contributed by atoms with Crippen molar-refractivity contribution in [1.29, 1.82) is 0 Å². The van der Waals surface area contributed by atoms with Gasteiger partial charge in [0.15, 0.2) is 0 Å². The summed E-state index contributed by atoms with van der Waals surface area (Å²) in [5.41, 5.74) is 0.551. The van der Waals surface area contributed by atoms with Crippen molar-refractivity contribution in [2.75, 3.05) is 20.1 Å². The average molecular weight is 278 g/mol. The van der Waals surface area contributed by atoms with Crippen molar-refractivity contribution < 1.29 is 9.18 Å². The van der Waals surface area contributed by atoms with Crippen LogP contribution in [0, 0.1) is 5.82 Å². The van der Waals surface area contributed by atoms with Crippen molar-refractivity contribution in [1.82, 2.24) is 10.2 Å². The predicted octanol–water partition coefficient (Wildman–Crippen LogP) is 2.31. The molecule has 1 N–H and O–H groups in total. The first-order valence-corrected chi connectivity index (χ1v) is 7.16. The zero-order valence-electron chi connectivity index (χ0n) is 12.4. The maximum absolute atomic E-state index is 13.8. The fourth-order valence-corrected chi connectivity index (χ4v) is 2.32. The van der Waals surface area contributed by atoms with Gasteiger partial charge >= 0.3 is 0 Å². The number of benzene rings is 1. The van der Waals surface area contributed by atoms with Gasteiger partial charge in [0, 0.05) is 18.0 Å². The van der Waals surface area contributed by atoms with Crippen molar-refractivity contribution in [3.8, 4) is 0 Å². The summed E-state index contributed by atoms with van der Waals surface area (Å²) in [4.78, 5) is 13.9. The summed E-state index contributed by atoms with van der Waals surface area (Å²) in [5, 5.41) is 2.95. The Morgan fingerprint density at radius 1 is 1.40 bits per heavy atom. The lowest BCUT2D eigenvalue weighted by atomic mass is 9.95. The predicted molar refractivity (Wildman–Crippen MR) is 78.1 cm³/mol. The maximum Gasteiger partial charge on any atom is 0.234 e. The molecule has 110 valence electrons. The summed E-state index contributed by atoms with van der Waals surface area (Å²) in [6.45, 7) is 5.01. The minimum absolute atomic E-state index is 0.00353. The first kappa shape index (κ1) is 15.0. The van der Waals surface area contributed by atoms with Gasteiger partial charge in [0.25, 0.3) is 0 Å². The first-order valence-electron chi connectivity index (χ1n) is 7.16. The molecule has 2 rings (SSSR count). The highest BCUT2D eigenvalue weighted by atomic mass is 19.1. The number of carbonyl (C=O) groups excluding carboxylic acids is 1. The molecule has 3 nitrogen and oxygen atoms in total. The van der Waals surface area contributed by atoms with Gasteiger partial charge in [0.1, 0.15) is 5.82 Å². The van der Waals surface area contributed by atoms with Crippen molar-refractivity contribution in [2.24, 2.45) is 0 Å². The quantitative estimate of drug-likeness (QED) is 0.866. The lowest BCUT2D eigenvalue weighted by molar-refractivity contribution is -0.122. The molecule has 0 radical (unpaired) electrons. The van der Waals surface area contributed by atoms with Gasteiger partial charge in [-0.2, -0.15) is 0 Å². The van der Waals surface area contributed by atoms with Crippen molar-refractivity contribution >= 4 is 5.91 Å². The van der Waals surface area contributed by atoms with E-state index < -0.39 is 0 Å². The summed E-state index contributed by atoms with van der Waals surface area (Å²) >= 11 is 0. The number of hydrogen-bond acceptors (Lipinski definition) is 2. The van der Waals surface area contributed by atoms with Gasteiger partial charge in [0.05, 0.1) is 6.54 Å². The van der Waals surface area contributed by atoms with E-state index in [1.165, 1.54) is 6.07 Å². The first-order chi connectivity index (χ1) is 9.44. The molecular formula is C16H23FN2O. The fraction of sp³-hybridized carbons (Fsp3) is 0.562. The third-order valence-corrected chi connectivity index (χ3v) is 4.20. The molecule has 1 fully saturated rings. The van der Waals surface area contributed by atoms with Crippen molar-refractivity contribution in [3.63, 3.8) is 0 Å². The standard InChI is InChI=1S/C16H23FN2O/c1-12(2)19(3)10-15(20)18-11-16(8-9-16)13-6-4-5-7-14(13)17/h4-7,12H,8-11H2,1-3H3,(H,18,20). The maximum atomic E-state index is 13.8. The molecule has 1 aliphatic rings. The number of likely N-dealkylation sites (N-methyl/N-ethyl adjacent to an activating group) is 1. The minimum Gasteiger partial charge on any atom is -0.354 e. The highest BCUT2D eigenvalue weighted by molar-refractivity contribution is 5.78. The van der Waals surface area contributed by atoms with Gasteiger partial charge in [-0.1, -0.05) is 18.2 Å². The van der Waals surface area contributed by atoms with E-state index in [0.717, 1.165) is 18.4 Å². The highest BCUT2D eigenvalue weighted by Gasteiger charge is 2.45. The van der Waals surface area contributed by atoms with Crippen LogP contribution in [0.1, 0.15) is 32.3 Å². The summed E-state index contributed by atoms with van der Waals surface area (Å²) in [6, 6.07) is 7.21. The Bertz CT molecular complexity index is 483. The largest absolute Gasteiger partial charge is 0.354 e. The van der Waals surface area contributed by atoms with E-state index in [1.54, 1.807) is 6.07 Å². The zero-order valence-corrected chi connectivity index (χ0v) is 12.4. The summed E-state index contributed by atoms with van der Waals surface area (Å²) < 4.78 is 13.8. The Morgan fingerprint density at radius 2 is 2.05 bits per heavy atom. The molecule has 0 atom stereocenters. The molecule has 1 aliphatic carbocycles. The molecule has 1 aromatic rings. The Labute approximate surface area is 120 Å². The van der Waals surface area contributed by atoms with Crippen LogP contribution in [0.25, 0.3) is 0 Å². The van der Waals surface area contributed by atoms with Crippen LogP contribution in [0.2, 0.25) is 0 Å². The van der Waals surface area contributed by atoms with Gasteiger partial charge in [-0.15, -0.1) is 0 Å². The van der Waals surface area contributed by atoms with Gasteiger partial charge < -0.3 is 5.32 Å². The second-order valence-corrected chi connectivity index (χ2v) is 6.05. The van der Waals surface area contributed by atoms with Gasteiger partial charge in [-0.05, 0) is 45.4 Å². The molecule has 1 saturated carbocycles. The van der Waals surface area contributed by atoms with Crippen LogP contribution in [0.15, 0.2) is 24.3 Å². The van der Waals surface area contributed by atoms with Gasteiger partial charge in [0.2, 0.25) is 5.91 Å². The summed E-state index contributed by atoms with van der Waals surface area (Å²) in [5.74, 6) is -0.164. The van der Waals surface area contributed by atoms with Crippen LogP contribution in [0.5, 0.6) is 0 Å².